The number of likely N-dealkylation sites (N-methyl/N-ethyl adjacent to an activating group) is 1. The number of hydrogen-bond acceptors (Lipinski definition) is 4. The fraction of sp³-hybridized carbons (Fsp3) is 0.647. The van der Waals surface area contributed by atoms with E-state index < -0.39 is 0 Å². The molecule has 0 aliphatic carbocycles. The molecule has 0 radical (unpaired) electrons. The summed E-state index contributed by atoms with van der Waals surface area (Å²) in [6.45, 7) is 5.51. The van der Waals surface area contributed by atoms with Crippen LogP contribution in [-0.4, -0.2) is 66.6 Å². The van der Waals surface area contributed by atoms with Gasteiger partial charge < -0.3 is 9.64 Å². The normalized spacial score (nSPS) is 24.3. The summed E-state index contributed by atoms with van der Waals surface area (Å²) < 4.78 is 5.33. The number of carbonyl (C=O) groups excluding carboxylic acids is 1. The number of hydrogen-bond donors (Lipinski definition) is 0. The van der Waals surface area contributed by atoms with Gasteiger partial charge in [0.15, 0.2) is 0 Å². The molecule has 2 saturated heterocycles. The van der Waals surface area contributed by atoms with Crippen molar-refractivity contribution < 1.29 is 9.53 Å². The third-order valence-electron chi connectivity index (χ3n) is 5.13. The zero-order valence-electron chi connectivity index (χ0n) is 13.7. The predicted octanol–water partition coefficient (Wildman–Crippen LogP) is 1.57. The summed E-state index contributed by atoms with van der Waals surface area (Å²) in [5.41, 5.74) is 1.87. The van der Waals surface area contributed by atoms with E-state index in [-0.39, 0.29) is 11.4 Å². The summed E-state index contributed by atoms with van der Waals surface area (Å²) in [7, 11) is 3.95. The average Bonchev–Trinajstić information content (AvgIpc) is 2.46. The molecule has 0 unspecified atom stereocenters. The highest BCUT2D eigenvalue weighted by Gasteiger charge is 2.50. The Morgan fingerprint density at radius 3 is 2.91 bits per heavy atom. The maximum atomic E-state index is 12.6. The van der Waals surface area contributed by atoms with E-state index in [9.17, 15) is 4.79 Å². The maximum Gasteiger partial charge on any atom is 0.255 e. The lowest BCUT2D eigenvalue weighted by atomic mass is 9.75. The second-order valence-electron chi connectivity index (χ2n) is 6.87. The van der Waals surface area contributed by atoms with Crippen molar-refractivity contribution >= 4 is 5.91 Å². The van der Waals surface area contributed by atoms with Gasteiger partial charge in [0.1, 0.15) is 0 Å². The number of likely N-dealkylation sites (tertiary alicyclic amines) is 2. The van der Waals surface area contributed by atoms with Crippen molar-refractivity contribution in [1.82, 2.24) is 14.8 Å². The molecule has 3 heterocycles. The molecule has 1 atom stereocenters. The summed E-state index contributed by atoms with van der Waals surface area (Å²) in [5, 5.41) is 0. The van der Waals surface area contributed by atoms with Gasteiger partial charge in [-0.25, -0.2) is 0 Å². The number of ether oxygens (including phenoxy) is 1. The number of amides is 1. The van der Waals surface area contributed by atoms with E-state index in [0.29, 0.717) is 11.5 Å². The van der Waals surface area contributed by atoms with Gasteiger partial charge >= 0.3 is 0 Å². The molecular formula is C17H25N3O2. The molecule has 22 heavy (non-hydrogen) atoms. The van der Waals surface area contributed by atoms with Crippen LogP contribution in [-0.2, 0) is 4.74 Å². The first-order chi connectivity index (χ1) is 10.5. The molecule has 0 aromatic carbocycles. The minimum absolute atomic E-state index is 0.101. The average molecular weight is 303 g/mol. The number of aryl methyl sites for hydroxylation is 1. The molecule has 0 bridgehead atoms. The first-order valence-electron chi connectivity index (χ1n) is 7.95. The van der Waals surface area contributed by atoms with Crippen molar-refractivity contribution in [3.8, 4) is 0 Å². The molecule has 3 rings (SSSR count). The van der Waals surface area contributed by atoms with Gasteiger partial charge in [0.05, 0.1) is 11.1 Å². The molecule has 2 aliphatic rings. The minimum atomic E-state index is 0.101. The topological polar surface area (TPSA) is 45.7 Å². The molecule has 5 heteroatoms. The lowest BCUT2D eigenvalue weighted by molar-refractivity contribution is -0.0731. The number of piperidine rings is 1. The van der Waals surface area contributed by atoms with Crippen molar-refractivity contribution in [3.05, 3.63) is 29.6 Å². The molecule has 1 amide bonds. The number of pyridine rings is 1. The summed E-state index contributed by atoms with van der Waals surface area (Å²) in [6, 6.07) is 1.92. The molecule has 120 valence electrons. The molecule has 1 spiro atoms. The third-order valence-corrected chi connectivity index (χ3v) is 5.13. The molecule has 1 aromatic heterocycles. The number of carbonyl (C=O) groups is 1. The van der Waals surface area contributed by atoms with E-state index in [0.717, 1.165) is 38.2 Å². The van der Waals surface area contributed by atoms with Crippen LogP contribution in [0.5, 0.6) is 0 Å². The van der Waals surface area contributed by atoms with Crippen LogP contribution >= 0.6 is 0 Å². The SMILES string of the molecule is COC[C@H]1CCN(C)C2(C1)CN(C(=O)c1cncc(C)c1)C2. The molecule has 5 nitrogen and oxygen atoms in total. The second kappa shape index (κ2) is 5.97. The lowest BCUT2D eigenvalue weighted by Gasteiger charge is -2.58. The molecule has 1 aromatic rings. The zero-order valence-corrected chi connectivity index (χ0v) is 13.7. The Morgan fingerprint density at radius 2 is 2.23 bits per heavy atom. The number of rotatable bonds is 3. The molecule has 2 fully saturated rings. The summed E-state index contributed by atoms with van der Waals surface area (Å²) in [5.74, 6) is 0.711. The quantitative estimate of drug-likeness (QED) is 0.850. The first-order valence-corrected chi connectivity index (χ1v) is 7.95. The highest BCUT2D eigenvalue weighted by atomic mass is 16.5. The summed E-state index contributed by atoms with van der Waals surface area (Å²) in [4.78, 5) is 21.1. The van der Waals surface area contributed by atoms with E-state index in [1.807, 2.05) is 17.9 Å². The molecular weight excluding hydrogens is 278 g/mol. The number of nitrogens with zero attached hydrogens (tertiary/aromatic N) is 3. The predicted molar refractivity (Wildman–Crippen MR) is 84.8 cm³/mol. The Morgan fingerprint density at radius 1 is 1.45 bits per heavy atom. The van der Waals surface area contributed by atoms with E-state index in [2.05, 4.69) is 16.9 Å². The van der Waals surface area contributed by atoms with Gasteiger partial charge in [-0.15, -0.1) is 0 Å². The van der Waals surface area contributed by atoms with E-state index in [1.165, 1.54) is 6.42 Å². The van der Waals surface area contributed by atoms with Gasteiger partial charge in [-0.05, 0) is 50.9 Å². The van der Waals surface area contributed by atoms with Gasteiger partial charge in [0, 0.05) is 39.2 Å². The molecule has 2 aliphatic heterocycles. The van der Waals surface area contributed by atoms with Gasteiger partial charge in [0.25, 0.3) is 5.91 Å². The zero-order chi connectivity index (χ0) is 15.7. The fourth-order valence-electron chi connectivity index (χ4n) is 3.82. The first kappa shape index (κ1) is 15.4. The van der Waals surface area contributed by atoms with Crippen molar-refractivity contribution in [1.29, 1.82) is 0 Å². The van der Waals surface area contributed by atoms with Crippen LogP contribution < -0.4 is 0 Å². The van der Waals surface area contributed by atoms with Crippen LogP contribution in [0.2, 0.25) is 0 Å². The number of aromatic nitrogens is 1. The van der Waals surface area contributed by atoms with Gasteiger partial charge in [-0.2, -0.15) is 0 Å². The van der Waals surface area contributed by atoms with Crippen molar-refractivity contribution in [2.45, 2.75) is 25.3 Å². The Kier molecular flexibility index (Phi) is 4.19. The monoisotopic (exact) mass is 303 g/mol. The van der Waals surface area contributed by atoms with E-state index in [4.69, 9.17) is 4.74 Å². The van der Waals surface area contributed by atoms with Crippen LogP contribution in [0, 0.1) is 12.8 Å². The molecule has 0 N–H and O–H groups in total. The van der Waals surface area contributed by atoms with Crippen LogP contribution in [0.25, 0.3) is 0 Å². The van der Waals surface area contributed by atoms with Crippen molar-refractivity contribution in [2.75, 3.05) is 40.4 Å². The van der Waals surface area contributed by atoms with Crippen LogP contribution in [0.1, 0.15) is 28.8 Å². The van der Waals surface area contributed by atoms with Gasteiger partial charge in [-0.3, -0.25) is 14.7 Å². The summed E-state index contributed by atoms with van der Waals surface area (Å²) >= 11 is 0. The van der Waals surface area contributed by atoms with Gasteiger partial charge in [0.2, 0.25) is 0 Å². The van der Waals surface area contributed by atoms with E-state index >= 15 is 0 Å². The van der Waals surface area contributed by atoms with Crippen molar-refractivity contribution in [3.63, 3.8) is 0 Å². The minimum Gasteiger partial charge on any atom is -0.384 e. The van der Waals surface area contributed by atoms with Crippen LogP contribution in [0.3, 0.4) is 0 Å². The number of methoxy groups -OCH3 is 1. The Balaban J connectivity index is 1.65. The Bertz CT molecular complexity index is 555. The Hall–Kier alpha value is -1.46. The standard InChI is InChI=1S/C17H25N3O2/c1-13-6-15(9-18-8-13)16(21)20-11-17(12-20)7-14(10-22-3)4-5-19(17)2/h6,8-9,14H,4-5,7,10-12H2,1-3H3/t14-/m0/s1. The van der Waals surface area contributed by atoms with Crippen molar-refractivity contribution in [2.24, 2.45) is 5.92 Å². The fourth-order valence-corrected chi connectivity index (χ4v) is 3.82. The Labute approximate surface area is 132 Å². The maximum absolute atomic E-state index is 12.6. The second-order valence-corrected chi connectivity index (χ2v) is 6.87. The smallest absolute Gasteiger partial charge is 0.255 e. The highest BCUT2D eigenvalue weighted by Crippen LogP contribution is 2.38. The van der Waals surface area contributed by atoms with E-state index in [1.54, 1.807) is 19.5 Å². The largest absolute Gasteiger partial charge is 0.384 e. The van der Waals surface area contributed by atoms with Gasteiger partial charge in [-0.1, -0.05) is 0 Å². The molecule has 0 saturated carbocycles. The van der Waals surface area contributed by atoms with Crippen LogP contribution in [0.15, 0.2) is 18.5 Å². The third kappa shape index (κ3) is 2.75. The lowest BCUT2D eigenvalue weighted by Crippen LogP contribution is -2.72. The van der Waals surface area contributed by atoms with Crippen LogP contribution in [0.4, 0.5) is 0 Å². The summed E-state index contributed by atoms with van der Waals surface area (Å²) in [6.07, 6.45) is 5.74. The highest BCUT2D eigenvalue weighted by molar-refractivity contribution is 5.94.